The van der Waals surface area contributed by atoms with Gasteiger partial charge in [0.25, 0.3) is 5.19 Å². The maximum Gasteiger partial charge on any atom is 0.274 e. The van der Waals surface area contributed by atoms with Gasteiger partial charge in [0, 0.05) is 49.4 Å². The van der Waals surface area contributed by atoms with Gasteiger partial charge in [-0.3, -0.25) is 5.10 Å². The highest BCUT2D eigenvalue weighted by molar-refractivity contribution is 7.16. The minimum atomic E-state index is 0.376. The molecule has 5 heterocycles. The van der Waals surface area contributed by atoms with Crippen molar-refractivity contribution in [3.63, 3.8) is 0 Å². The molecule has 4 fully saturated rings. The van der Waals surface area contributed by atoms with Crippen LogP contribution in [0.1, 0.15) is 12.8 Å². The Morgan fingerprint density at radius 1 is 1.19 bits per heavy atom. The zero-order chi connectivity index (χ0) is 13.8. The highest BCUT2D eigenvalue weighted by Crippen LogP contribution is 2.45. The third-order valence-corrected chi connectivity index (χ3v) is 6.14. The zero-order valence-corrected chi connectivity index (χ0v) is 12.6. The molecular weight excluding hydrogens is 284 g/mol. The molecule has 1 saturated carbocycles. The van der Waals surface area contributed by atoms with Crippen LogP contribution in [0, 0.1) is 17.8 Å². The lowest BCUT2D eigenvalue weighted by Gasteiger charge is -2.55. The van der Waals surface area contributed by atoms with E-state index < -0.39 is 0 Å². The van der Waals surface area contributed by atoms with E-state index in [4.69, 9.17) is 4.74 Å². The first-order chi connectivity index (χ1) is 10.3. The van der Waals surface area contributed by atoms with E-state index in [1.165, 1.54) is 32.5 Å². The smallest absolute Gasteiger partial charge is 0.274 e. The fourth-order valence-corrected chi connectivity index (χ4v) is 5.29. The molecule has 2 aromatic rings. The van der Waals surface area contributed by atoms with Crippen LogP contribution < -0.4 is 4.74 Å². The molecule has 2 aromatic heterocycles. The van der Waals surface area contributed by atoms with Crippen molar-refractivity contribution in [3.8, 4) is 15.6 Å². The summed E-state index contributed by atoms with van der Waals surface area (Å²) < 4.78 is 6.32. The van der Waals surface area contributed by atoms with Crippen LogP contribution in [0.4, 0.5) is 0 Å². The number of nitrogens with zero attached hydrogens (tertiary/aromatic N) is 3. The fraction of sp³-hybridized carbons (Fsp3) is 0.600. The van der Waals surface area contributed by atoms with Crippen LogP contribution in [0.2, 0.25) is 0 Å². The van der Waals surface area contributed by atoms with Crippen LogP contribution in [0.15, 0.2) is 18.6 Å². The standard InChI is InChI=1S/C15H18N4OS/c1-9-2-11-8-19(6-9)7-10(1)14(11)20-15-16-5-13(21-15)12-3-17-18-4-12/h3-5,9-11,14H,1-2,6-8H2,(H,17,18). The van der Waals surface area contributed by atoms with Gasteiger partial charge in [-0.1, -0.05) is 11.3 Å². The zero-order valence-electron chi connectivity index (χ0n) is 11.7. The number of aromatic nitrogens is 3. The molecule has 21 heavy (non-hydrogen) atoms. The molecule has 110 valence electrons. The number of hydrogen-bond acceptors (Lipinski definition) is 5. The third-order valence-electron chi connectivity index (χ3n) is 5.21. The topological polar surface area (TPSA) is 54.0 Å². The van der Waals surface area contributed by atoms with E-state index in [0.717, 1.165) is 21.6 Å². The van der Waals surface area contributed by atoms with Gasteiger partial charge in [0.1, 0.15) is 6.10 Å². The Morgan fingerprint density at radius 2 is 2.05 bits per heavy atom. The average molecular weight is 302 g/mol. The van der Waals surface area contributed by atoms with Crippen molar-refractivity contribution in [2.75, 3.05) is 19.6 Å². The van der Waals surface area contributed by atoms with Crippen molar-refractivity contribution in [2.24, 2.45) is 17.8 Å². The van der Waals surface area contributed by atoms with Crippen molar-refractivity contribution < 1.29 is 4.74 Å². The lowest BCUT2D eigenvalue weighted by molar-refractivity contribution is -0.0985. The molecule has 5 nitrogen and oxygen atoms in total. The lowest BCUT2D eigenvalue weighted by Crippen LogP contribution is -2.61. The van der Waals surface area contributed by atoms with Crippen molar-refractivity contribution in [1.29, 1.82) is 0 Å². The van der Waals surface area contributed by atoms with Gasteiger partial charge in [-0.2, -0.15) is 5.10 Å². The maximum atomic E-state index is 6.32. The summed E-state index contributed by atoms with van der Waals surface area (Å²) in [7, 11) is 0. The molecule has 4 aliphatic rings. The Balaban J connectivity index is 1.36. The quantitative estimate of drug-likeness (QED) is 0.945. The van der Waals surface area contributed by atoms with Crippen molar-refractivity contribution in [1.82, 2.24) is 20.1 Å². The first kappa shape index (κ1) is 12.2. The summed E-state index contributed by atoms with van der Waals surface area (Å²) in [5, 5.41) is 7.65. The molecule has 2 atom stereocenters. The summed E-state index contributed by atoms with van der Waals surface area (Å²) in [5.74, 6) is 2.33. The van der Waals surface area contributed by atoms with E-state index in [-0.39, 0.29) is 0 Å². The minimum Gasteiger partial charge on any atom is -0.466 e. The molecule has 2 unspecified atom stereocenters. The third kappa shape index (κ3) is 2.00. The fourth-order valence-electron chi connectivity index (χ4n) is 4.50. The Hall–Kier alpha value is -1.40. The van der Waals surface area contributed by atoms with E-state index in [1.54, 1.807) is 11.3 Å². The molecule has 6 heteroatoms. The number of rotatable bonds is 3. The van der Waals surface area contributed by atoms with Gasteiger partial charge in [0.15, 0.2) is 0 Å². The number of hydrogen-bond donors (Lipinski definition) is 1. The highest BCUT2D eigenvalue weighted by atomic mass is 32.1. The predicted molar refractivity (Wildman–Crippen MR) is 80.3 cm³/mol. The minimum absolute atomic E-state index is 0.376. The van der Waals surface area contributed by atoms with Gasteiger partial charge in [0.2, 0.25) is 0 Å². The first-order valence-corrected chi connectivity index (χ1v) is 8.51. The summed E-state index contributed by atoms with van der Waals surface area (Å²) in [6.45, 7) is 3.76. The van der Waals surface area contributed by atoms with Gasteiger partial charge in [0.05, 0.1) is 11.1 Å². The molecule has 3 aliphatic heterocycles. The molecule has 4 bridgehead atoms. The van der Waals surface area contributed by atoms with Crippen LogP contribution in [-0.4, -0.2) is 45.8 Å². The molecule has 3 saturated heterocycles. The van der Waals surface area contributed by atoms with Crippen LogP contribution in [-0.2, 0) is 0 Å². The summed E-state index contributed by atoms with van der Waals surface area (Å²) in [5.41, 5.74) is 1.08. The number of aromatic amines is 1. The molecule has 1 aliphatic carbocycles. The summed E-state index contributed by atoms with van der Waals surface area (Å²) >= 11 is 1.63. The van der Waals surface area contributed by atoms with Gasteiger partial charge < -0.3 is 9.64 Å². The van der Waals surface area contributed by atoms with E-state index in [0.29, 0.717) is 17.9 Å². The van der Waals surface area contributed by atoms with Crippen LogP contribution in [0.5, 0.6) is 5.19 Å². The van der Waals surface area contributed by atoms with E-state index in [9.17, 15) is 0 Å². The summed E-state index contributed by atoms with van der Waals surface area (Å²) in [6.07, 6.45) is 8.68. The molecule has 0 spiro atoms. The van der Waals surface area contributed by atoms with Crippen molar-refractivity contribution >= 4 is 11.3 Å². The van der Waals surface area contributed by atoms with Crippen LogP contribution in [0.3, 0.4) is 0 Å². The second kappa shape index (κ2) is 4.55. The molecular formula is C15H18N4OS. The summed E-state index contributed by atoms with van der Waals surface area (Å²) in [4.78, 5) is 8.21. The molecule has 0 amide bonds. The second-order valence-electron chi connectivity index (χ2n) is 6.64. The van der Waals surface area contributed by atoms with E-state index in [2.05, 4.69) is 20.1 Å². The van der Waals surface area contributed by atoms with Crippen molar-refractivity contribution in [2.45, 2.75) is 18.9 Å². The van der Waals surface area contributed by atoms with E-state index >= 15 is 0 Å². The van der Waals surface area contributed by atoms with Gasteiger partial charge in [-0.25, -0.2) is 4.98 Å². The number of ether oxygens (including phenoxy) is 1. The number of thiazole rings is 1. The summed E-state index contributed by atoms with van der Waals surface area (Å²) in [6, 6.07) is 0. The average Bonchev–Trinajstić information content (AvgIpc) is 3.13. The Kier molecular flexibility index (Phi) is 2.64. The van der Waals surface area contributed by atoms with Gasteiger partial charge in [-0.05, 0) is 18.8 Å². The highest BCUT2D eigenvalue weighted by Gasteiger charge is 2.48. The first-order valence-electron chi connectivity index (χ1n) is 7.69. The molecule has 0 radical (unpaired) electrons. The maximum absolute atomic E-state index is 6.32. The van der Waals surface area contributed by atoms with Gasteiger partial charge in [-0.15, -0.1) is 0 Å². The monoisotopic (exact) mass is 302 g/mol. The van der Waals surface area contributed by atoms with Crippen molar-refractivity contribution in [3.05, 3.63) is 18.6 Å². The number of piperidine rings is 3. The van der Waals surface area contributed by atoms with E-state index in [1.807, 2.05) is 18.6 Å². The van der Waals surface area contributed by atoms with Crippen LogP contribution >= 0.6 is 11.3 Å². The predicted octanol–water partition coefficient (Wildman–Crippen LogP) is 2.25. The second-order valence-corrected chi connectivity index (χ2v) is 7.63. The Morgan fingerprint density at radius 3 is 2.76 bits per heavy atom. The Bertz CT molecular complexity index is 610. The SMILES string of the molecule is c1n[nH]cc1-c1cnc(OC2C3CC4CC2CN(C4)C3)s1. The van der Waals surface area contributed by atoms with Gasteiger partial charge >= 0.3 is 0 Å². The largest absolute Gasteiger partial charge is 0.466 e. The Labute approximate surface area is 127 Å². The molecule has 0 aromatic carbocycles. The van der Waals surface area contributed by atoms with Crippen LogP contribution in [0.25, 0.3) is 10.4 Å². The lowest BCUT2D eigenvalue weighted by atomic mass is 9.66. The number of nitrogens with one attached hydrogen (secondary N) is 1. The molecule has 1 N–H and O–H groups in total. The normalized spacial score (nSPS) is 37.0. The number of H-pyrrole nitrogens is 1. The molecule has 6 rings (SSSR count).